The number of amides is 1. The van der Waals surface area contributed by atoms with Gasteiger partial charge in [-0.05, 0) is 62.9 Å². The number of likely N-dealkylation sites (tertiary alicyclic amines) is 1. The molecule has 1 aromatic heterocycles. The van der Waals surface area contributed by atoms with E-state index >= 15 is 0 Å². The quantitative estimate of drug-likeness (QED) is 0.819. The van der Waals surface area contributed by atoms with E-state index in [0.717, 1.165) is 64.8 Å². The van der Waals surface area contributed by atoms with Crippen molar-refractivity contribution >= 4 is 5.91 Å². The van der Waals surface area contributed by atoms with Crippen molar-refractivity contribution in [2.24, 2.45) is 5.92 Å². The first kappa shape index (κ1) is 18.3. The number of rotatable bonds is 6. The smallest absolute Gasteiger partial charge is 0.255 e. The van der Waals surface area contributed by atoms with E-state index in [9.17, 15) is 9.18 Å². The second-order valence-electron chi connectivity index (χ2n) is 7.22. The van der Waals surface area contributed by atoms with Gasteiger partial charge >= 0.3 is 0 Å². The third kappa shape index (κ3) is 5.47. The fourth-order valence-corrected chi connectivity index (χ4v) is 3.77. The molecule has 0 aromatic carbocycles. The summed E-state index contributed by atoms with van der Waals surface area (Å²) in [6.45, 7) is 4.56. The lowest BCUT2D eigenvalue weighted by Crippen LogP contribution is -2.49. The minimum atomic E-state index is -1.35. The normalized spacial score (nSPS) is 21.8. The SMILES string of the molecule is O=C(NC1CCN(CCc2ccncc2)CC1)C(F)C1CCNCC1. The summed E-state index contributed by atoms with van der Waals surface area (Å²) >= 11 is 0. The molecule has 138 valence electrons. The standard InChI is InChI=1S/C19H29FN4O/c20-18(16-3-10-22-11-4-16)19(25)23-17-6-13-24(14-7-17)12-5-15-1-8-21-9-2-15/h1-2,8-9,16-18,22H,3-7,10-14H2,(H,23,25). The molecule has 2 aliphatic heterocycles. The van der Waals surface area contributed by atoms with Gasteiger partial charge in [0.15, 0.2) is 6.17 Å². The average molecular weight is 348 g/mol. The van der Waals surface area contributed by atoms with Gasteiger partial charge in [0.05, 0.1) is 0 Å². The van der Waals surface area contributed by atoms with E-state index in [0.29, 0.717) is 0 Å². The van der Waals surface area contributed by atoms with Gasteiger partial charge in [0.25, 0.3) is 5.91 Å². The molecule has 1 atom stereocenters. The van der Waals surface area contributed by atoms with Crippen molar-refractivity contribution in [3.05, 3.63) is 30.1 Å². The molecule has 1 amide bonds. The zero-order valence-electron chi connectivity index (χ0n) is 14.8. The molecular formula is C19H29FN4O. The summed E-state index contributed by atoms with van der Waals surface area (Å²) in [4.78, 5) is 18.6. The van der Waals surface area contributed by atoms with Crippen LogP contribution in [0.3, 0.4) is 0 Å². The molecule has 2 aliphatic rings. The topological polar surface area (TPSA) is 57.3 Å². The van der Waals surface area contributed by atoms with Crippen LogP contribution in [-0.4, -0.2) is 60.7 Å². The molecule has 0 radical (unpaired) electrons. The van der Waals surface area contributed by atoms with Crippen LogP contribution in [-0.2, 0) is 11.2 Å². The maximum atomic E-state index is 14.4. The van der Waals surface area contributed by atoms with Crippen molar-refractivity contribution in [1.29, 1.82) is 0 Å². The third-order valence-electron chi connectivity index (χ3n) is 5.45. The highest BCUT2D eigenvalue weighted by Gasteiger charge is 2.31. The minimum Gasteiger partial charge on any atom is -0.351 e. The Morgan fingerprint density at radius 2 is 1.92 bits per heavy atom. The van der Waals surface area contributed by atoms with E-state index in [1.54, 1.807) is 0 Å². The van der Waals surface area contributed by atoms with Gasteiger partial charge in [-0.25, -0.2) is 4.39 Å². The Kier molecular flexibility index (Phi) is 6.76. The summed E-state index contributed by atoms with van der Waals surface area (Å²) in [6, 6.07) is 4.22. The van der Waals surface area contributed by atoms with Gasteiger partial charge in [-0.3, -0.25) is 9.78 Å². The maximum absolute atomic E-state index is 14.4. The number of hydrogen-bond donors (Lipinski definition) is 2. The van der Waals surface area contributed by atoms with Crippen molar-refractivity contribution in [2.45, 2.75) is 44.3 Å². The number of carbonyl (C=O) groups excluding carboxylic acids is 1. The van der Waals surface area contributed by atoms with Crippen molar-refractivity contribution in [3.8, 4) is 0 Å². The van der Waals surface area contributed by atoms with E-state index in [1.165, 1.54) is 5.56 Å². The molecule has 1 unspecified atom stereocenters. The molecule has 3 heterocycles. The van der Waals surface area contributed by atoms with Crippen LogP contribution in [0.25, 0.3) is 0 Å². The molecule has 2 fully saturated rings. The zero-order valence-corrected chi connectivity index (χ0v) is 14.8. The van der Waals surface area contributed by atoms with Crippen molar-refractivity contribution < 1.29 is 9.18 Å². The number of aromatic nitrogens is 1. The van der Waals surface area contributed by atoms with Crippen LogP contribution >= 0.6 is 0 Å². The van der Waals surface area contributed by atoms with Gasteiger partial charge in [-0.2, -0.15) is 0 Å². The third-order valence-corrected chi connectivity index (χ3v) is 5.45. The van der Waals surface area contributed by atoms with Crippen LogP contribution in [0.2, 0.25) is 0 Å². The van der Waals surface area contributed by atoms with Crippen LogP contribution in [0.15, 0.2) is 24.5 Å². The van der Waals surface area contributed by atoms with Crippen molar-refractivity contribution in [3.63, 3.8) is 0 Å². The molecule has 1 aromatic rings. The van der Waals surface area contributed by atoms with Gasteiger partial charge in [0, 0.05) is 44.0 Å². The lowest BCUT2D eigenvalue weighted by molar-refractivity contribution is -0.129. The van der Waals surface area contributed by atoms with Crippen molar-refractivity contribution in [1.82, 2.24) is 20.5 Å². The van der Waals surface area contributed by atoms with Gasteiger partial charge < -0.3 is 15.5 Å². The predicted octanol–water partition coefficient (Wildman–Crippen LogP) is 1.54. The van der Waals surface area contributed by atoms with E-state index < -0.39 is 12.1 Å². The highest BCUT2D eigenvalue weighted by atomic mass is 19.1. The molecule has 0 aliphatic carbocycles. The van der Waals surface area contributed by atoms with Crippen molar-refractivity contribution in [2.75, 3.05) is 32.7 Å². The van der Waals surface area contributed by atoms with Crippen LogP contribution in [0.4, 0.5) is 4.39 Å². The molecule has 0 spiro atoms. The van der Waals surface area contributed by atoms with E-state index in [-0.39, 0.29) is 12.0 Å². The second-order valence-corrected chi connectivity index (χ2v) is 7.22. The number of pyridine rings is 1. The number of alkyl halides is 1. The lowest BCUT2D eigenvalue weighted by Gasteiger charge is -2.33. The number of nitrogens with zero attached hydrogens (tertiary/aromatic N) is 2. The fraction of sp³-hybridized carbons (Fsp3) is 0.684. The van der Waals surface area contributed by atoms with Gasteiger partial charge in [-0.1, -0.05) is 0 Å². The Bertz CT molecular complexity index is 527. The maximum Gasteiger partial charge on any atom is 0.255 e. The first-order valence-electron chi connectivity index (χ1n) is 9.49. The second kappa shape index (κ2) is 9.25. The Morgan fingerprint density at radius 3 is 2.60 bits per heavy atom. The fourth-order valence-electron chi connectivity index (χ4n) is 3.77. The van der Waals surface area contributed by atoms with Gasteiger partial charge in [0.2, 0.25) is 0 Å². The molecule has 3 rings (SSSR count). The largest absolute Gasteiger partial charge is 0.351 e. The molecule has 5 nitrogen and oxygen atoms in total. The molecule has 0 bridgehead atoms. The molecule has 2 N–H and O–H groups in total. The molecular weight excluding hydrogens is 319 g/mol. The Labute approximate surface area is 149 Å². The number of carbonyl (C=O) groups is 1. The Balaban J connectivity index is 1.36. The van der Waals surface area contributed by atoms with Crippen LogP contribution in [0.5, 0.6) is 0 Å². The number of halogens is 1. The summed E-state index contributed by atoms with van der Waals surface area (Å²) in [6.07, 6.45) is 6.63. The minimum absolute atomic E-state index is 0.115. The average Bonchev–Trinajstić information content (AvgIpc) is 2.68. The summed E-state index contributed by atoms with van der Waals surface area (Å²) in [5, 5.41) is 6.15. The molecule has 0 saturated carbocycles. The lowest BCUT2D eigenvalue weighted by atomic mass is 9.92. The monoisotopic (exact) mass is 348 g/mol. The van der Waals surface area contributed by atoms with Crippen LogP contribution in [0.1, 0.15) is 31.2 Å². The Hall–Kier alpha value is -1.53. The highest BCUT2D eigenvalue weighted by Crippen LogP contribution is 2.20. The zero-order chi connectivity index (χ0) is 17.5. The predicted molar refractivity (Wildman–Crippen MR) is 96.0 cm³/mol. The summed E-state index contributed by atoms with van der Waals surface area (Å²) < 4.78 is 14.4. The number of hydrogen-bond acceptors (Lipinski definition) is 4. The molecule has 25 heavy (non-hydrogen) atoms. The summed E-state index contributed by atoms with van der Waals surface area (Å²) in [5.74, 6) is -0.524. The van der Waals surface area contributed by atoms with Gasteiger partial charge in [-0.15, -0.1) is 0 Å². The highest BCUT2D eigenvalue weighted by molar-refractivity contribution is 5.81. The first-order chi connectivity index (χ1) is 12.2. The number of piperidine rings is 2. The van der Waals surface area contributed by atoms with E-state index in [4.69, 9.17) is 0 Å². The van der Waals surface area contributed by atoms with Gasteiger partial charge in [0.1, 0.15) is 0 Å². The van der Waals surface area contributed by atoms with E-state index in [2.05, 4.69) is 32.7 Å². The number of nitrogens with one attached hydrogen (secondary N) is 2. The van der Waals surface area contributed by atoms with Crippen LogP contribution < -0.4 is 10.6 Å². The summed E-state index contributed by atoms with van der Waals surface area (Å²) in [7, 11) is 0. The summed E-state index contributed by atoms with van der Waals surface area (Å²) in [5.41, 5.74) is 1.30. The molecule has 2 saturated heterocycles. The van der Waals surface area contributed by atoms with Crippen LogP contribution in [0, 0.1) is 5.92 Å². The first-order valence-corrected chi connectivity index (χ1v) is 9.49. The Morgan fingerprint density at radius 1 is 1.24 bits per heavy atom. The van der Waals surface area contributed by atoms with E-state index in [1.807, 2.05) is 12.4 Å². The molecule has 6 heteroatoms.